The maximum atomic E-state index is 10.00. The van der Waals surface area contributed by atoms with Gasteiger partial charge in [-0.2, -0.15) is 0 Å². The first-order valence-corrected chi connectivity index (χ1v) is 6.51. The zero-order chi connectivity index (χ0) is 13.0. The summed E-state index contributed by atoms with van der Waals surface area (Å²) < 4.78 is 6.03. The molecule has 2 aromatic rings. The number of hydrogen-bond donors (Lipinski definition) is 2. The largest absolute Gasteiger partial charge is 0.387 e. The SMILES string of the molecule is Cc1cc(CNCC(O)c2cccc(Br)c2)on1. The van der Waals surface area contributed by atoms with E-state index in [0.29, 0.717) is 13.1 Å². The van der Waals surface area contributed by atoms with Gasteiger partial charge in [0.1, 0.15) is 0 Å². The number of benzene rings is 1. The fourth-order valence-corrected chi connectivity index (χ4v) is 2.08. The van der Waals surface area contributed by atoms with Crippen molar-refractivity contribution in [2.75, 3.05) is 6.54 Å². The molecule has 1 atom stereocenters. The predicted molar refractivity (Wildman–Crippen MR) is 72.0 cm³/mol. The Hall–Kier alpha value is -1.17. The Kier molecular flexibility index (Phi) is 4.52. The summed E-state index contributed by atoms with van der Waals surface area (Å²) in [5.41, 5.74) is 1.74. The zero-order valence-corrected chi connectivity index (χ0v) is 11.6. The average molecular weight is 311 g/mol. The standard InChI is InChI=1S/C13H15BrN2O2/c1-9-5-12(18-16-9)7-15-8-13(17)10-3-2-4-11(14)6-10/h2-6,13,15,17H,7-8H2,1H3. The molecule has 5 heteroatoms. The Labute approximate surface area is 114 Å². The summed E-state index contributed by atoms with van der Waals surface area (Å²) in [6.45, 7) is 2.91. The van der Waals surface area contributed by atoms with Crippen molar-refractivity contribution in [3.05, 3.63) is 51.8 Å². The summed E-state index contributed by atoms with van der Waals surface area (Å²) >= 11 is 3.38. The summed E-state index contributed by atoms with van der Waals surface area (Å²) in [6, 6.07) is 9.52. The van der Waals surface area contributed by atoms with Crippen LogP contribution in [0, 0.1) is 6.92 Å². The van der Waals surface area contributed by atoms with E-state index in [9.17, 15) is 5.11 Å². The van der Waals surface area contributed by atoms with Gasteiger partial charge in [0.2, 0.25) is 0 Å². The number of hydrogen-bond acceptors (Lipinski definition) is 4. The average Bonchev–Trinajstić information content (AvgIpc) is 2.75. The molecule has 0 amide bonds. The van der Waals surface area contributed by atoms with Gasteiger partial charge in [-0.05, 0) is 24.6 Å². The molecule has 0 spiro atoms. The summed E-state index contributed by atoms with van der Waals surface area (Å²) in [4.78, 5) is 0. The third kappa shape index (κ3) is 3.66. The van der Waals surface area contributed by atoms with Crippen LogP contribution in [0.25, 0.3) is 0 Å². The van der Waals surface area contributed by atoms with E-state index in [1.165, 1.54) is 0 Å². The first kappa shape index (κ1) is 13.3. The Balaban J connectivity index is 1.83. The van der Waals surface area contributed by atoms with E-state index in [-0.39, 0.29) is 0 Å². The monoisotopic (exact) mass is 310 g/mol. The number of aliphatic hydroxyl groups excluding tert-OH is 1. The number of aryl methyl sites for hydroxylation is 1. The van der Waals surface area contributed by atoms with E-state index in [4.69, 9.17) is 4.52 Å². The fraction of sp³-hybridized carbons (Fsp3) is 0.308. The smallest absolute Gasteiger partial charge is 0.150 e. The molecule has 18 heavy (non-hydrogen) atoms. The van der Waals surface area contributed by atoms with Gasteiger partial charge in [0.25, 0.3) is 0 Å². The van der Waals surface area contributed by atoms with E-state index in [1.54, 1.807) is 0 Å². The number of rotatable bonds is 5. The number of nitrogens with zero attached hydrogens (tertiary/aromatic N) is 1. The molecule has 0 aliphatic heterocycles. The van der Waals surface area contributed by atoms with Crippen LogP contribution < -0.4 is 5.32 Å². The van der Waals surface area contributed by atoms with E-state index < -0.39 is 6.10 Å². The van der Waals surface area contributed by atoms with Gasteiger partial charge >= 0.3 is 0 Å². The molecule has 0 bridgehead atoms. The second kappa shape index (κ2) is 6.13. The number of nitrogens with one attached hydrogen (secondary N) is 1. The molecule has 2 rings (SSSR count). The molecular formula is C13H15BrN2O2. The van der Waals surface area contributed by atoms with Crippen molar-refractivity contribution < 1.29 is 9.63 Å². The Morgan fingerprint density at radius 2 is 2.28 bits per heavy atom. The van der Waals surface area contributed by atoms with Crippen molar-refractivity contribution in [2.45, 2.75) is 19.6 Å². The molecular weight excluding hydrogens is 296 g/mol. The molecule has 0 aliphatic carbocycles. The lowest BCUT2D eigenvalue weighted by atomic mass is 10.1. The van der Waals surface area contributed by atoms with Crippen molar-refractivity contribution in [1.29, 1.82) is 0 Å². The first-order chi connectivity index (χ1) is 8.65. The second-order valence-electron chi connectivity index (χ2n) is 4.14. The van der Waals surface area contributed by atoms with Gasteiger partial charge in [0, 0.05) is 17.1 Å². The lowest BCUT2D eigenvalue weighted by molar-refractivity contribution is 0.173. The summed E-state index contributed by atoms with van der Waals surface area (Å²) in [5, 5.41) is 16.9. The highest BCUT2D eigenvalue weighted by atomic mass is 79.9. The van der Waals surface area contributed by atoms with Crippen LogP contribution in [0.5, 0.6) is 0 Å². The molecule has 0 saturated carbocycles. The van der Waals surface area contributed by atoms with Crippen molar-refractivity contribution >= 4 is 15.9 Å². The van der Waals surface area contributed by atoms with Crippen molar-refractivity contribution in [1.82, 2.24) is 10.5 Å². The van der Waals surface area contributed by atoms with Gasteiger partial charge in [-0.15, -0.1) is 0 Å². The first-order valence-electron chi connectivity index (χ1n) is 5.71. The highest BCUT2D eigenvalue weighted by molar-refractivity contribution is 9.10. The minimum absolute atomic E-state index is 0.468. The van der Waals surface area contributed by atoms with Crippen LogP contribution in [0.15, 0.2) is 39.3 Å². The Morgan fingerprint density at radius 1 is 1.44 bits per heavy atom. The molecule has 0 saturated heterocycles. The third-order valence-corrected chi connectivity index (χ3v) is 3.04. The number of halogens is 1. The van der Waals surface area contributed by atoms with Gasteiger partial charge in [0.05, 0.1) is 18.3 Å². The minimum Gasteiger partial charge on any atom is -0.387 e. The van der Waals surface area contributed by atoms with Gasteiger partial charge in [0.15, 0.2) is 5.76 Å². The summed E-state index contributed by atoms with van der Waals surface area (Å²) in [6.07, 6.45) is -0.536. The zero-order valence-electron chi connectivity index (χ0n) is 10.1. The number of aliphatic hydroxyl groups is 1. The van der Waals surface area contributed by atoms with Gasteiger partial charge in [-0.25, -0.2) is 0 Å². The Morgan fingerprint density at radius 3 is 2.94 bits per heavy atom. The molecule has 0 radical (unpaired) electrons. The predicted octanol–water partition coefficient (Wildman–Crippen LogP) is 2.57. The van der Waals surface area contributed by atoms with Gasteiger partial charge < -0.3 is 14.9 Å². The van der Waals surface area contributed by atoms with Crippen LogP contribution in [-0.4, -0.2) is 16.8 Å². The van der Waals surface area contributed by atoms with Crippen molar-refractivity contribution in [2.24, 2.45) is 0 Å². The van der Waals surface area contributed by atoms with Gasteiger partial charge in [-0.1, -0.05) is 33.2 Å². The van der Waals surface area contributed by atoms with Crippen molar-refractivity contribution in [3.63, 3.8) is 0 Å². The van der Waals surface area contributed by atoms with E-state index in [2.05, 4.69) is 26.4 Å². The third-order valence-electron chi connectivity index (χ3n) is 2.55. The molecule has 0 fully saturated rings. The van der Waals surface area contributed by atoms with Crippen molar-refractivity contribution in [3.8, 4) is 0 Å². The molecule has 1 aromatic heterocycles. The fourth-order valence-electron chi connectivity index (χ4n) is 1.66. The quantitative estimate of drug-likeness (QED) is 0.891. The molecule has 1 unspecified atom stereocenters. The van der Waals surface area contributed by atoms with Crippen LogP contribution in [-0.2, 0) is 6.54 Å². The van der Waals surface area contributed by atoms with Crippen LogP contribution in [0.4, 0.5) is 0 Å². The maximum Gasteiger partial charge on any atom is 0.150 e. The van der Waals surface area contributed by atoms with Crippen LogP contribution in [0.2, 0.25) is 0 Å². The molecule has 1 aromatic carbocycles. The topological polar surface area (TPSA) is 58.3 Å². The lowest BCUT2D eigenvalue weighted by Crippen LogP contribution is -2.20. The van der Waals surface area contributed by atoms with E-state index >= 15 is 0 Å². The van der Waals surface area contributed by atoms with E-state index in [0.717, 1.165) is 21.5 Å². The molecule has 0 aliphatic rings. The second-order valence-corrected chi connectivity index (χ2v) is 5.05. The maximum absolute atomic E-state index is 10.00. The van der Waals surface area contributed by atoms with Gasteiger partial charge in [-0.3, -0.25) is 0 Å². The van der Waals surface area contributed by atoms with Crippen LogP contribution in [0.3, 0.4) is 0 Å². The summed E-state index contributed by atoms with van der Waals surface area (Å²) in [5.74, 6) is 0.772. The lowest BCUT2D eigenvalue weighted by Gasteiger charge is -2.11. The highest BCUT2D eigenvalue weighted by Crippen LogP contribution is 2.17. The number of aromatic nitrogens is 1. The highest BCUT2D eigenvalue weighted by Gasteiger charge is 2.08. The normalized spacial score (nSPS) is 12.6. The van der Waals surface area contributed by atoms with Crippen LogP contribution in [0.1, 0.15) is 23.1 Å². The Bertz CT molecular complexity index is 513. The molecule has 4 nitrogen and oxygen atoms in total. The van der Waals surface area contributed by atoms with Crippen LogP contribution >= 0.6 is 15.9 Å². The minimum atomic E-state index is -0.536. The molecule has 2 N–H and O–H groups in total. The molecule has 1 heterocycles. The van der Waals surface area contributed by atoms with E-state index in [1.807, 2.05) is 37.3 Å². The summed E-state index contributed by atoms with van der Waals surface area (Å²) in [7, 11) is 0. The molecule has 96 valence electrons.